The van der Waals surface area contributed by atoms with Crippen molar-refractivity contribution in [3.8, 4) is 11.5 Å². The maximum absolute atomic E-state index is 12.7. The van der Waals surface area contributed by atoms with E-state index in [1.807, 2.05) is 30.3 Å². The molecular formula is C28H38O9. The highest BCUT2D eigenvalue weighted by molar-refractivity contribution is 5.79. The highest BCUT2D eigenvalue weighted by atomic mass is 16.7. The number of fused-ring (bicyclic) bond motifs is 1. The maximum atomic E-state index is 12.7. The van der Waals surface area contributed by atoms with Crippen molar-refractivity contribution < 1.29 is 43.1 Å². The summed E-state index contributed by atoms with van der Waals surface area (Å²) in [4.78, 5) is 12.7. The molecular weight excluding hydrogens is 480 g/mol. The predicted molar refractivity (Wildman–Crippen MR) is 132 cm³/mol. The molecule has 1 aliphatic carbocycles. The van der Waals surface area contributed by atoms with Gasteiger partial charge in [-0.15, -0.1) is 0 Å². The number of carbonyl (C=O) groups excluding carboxylic acids is 1. The minimum Gasteiger partial charge on any atom is -0.493 e. The van der Waals surface area contributed by atoms with E-state index in [1.54, 1.807) is 7.11 Å². The average Bonchev–Trinajstić information content (AvgIpc) is 3.41. The van der Waals surface area contributed by atoms with E-state index in [0.717, 1.165) is 38.5 Å². The van der Waals surface area contributed by atoms with Crippen LogP contribution in [0.2, 0.25) is 0 Å². The van der Waals surface area contributed by atoms with Crippen LogP contribution in [-0.4, -0.2) is 68.4 Å². The van der Waals surface area contributed by atoms with Gasteiger partial charge in [0.15, 0.2) is 30.2 Å². The Morgan fingerprint density at radius 1 is 1.03 bits per heavy atom. The van der Waals surface area contributed by atoms with E-state index >= 15 is 0 Å². The molecule has 0 bridgehead atoms. The van der Waals surface area contributed by atoms with Gasteiger partial charge in [0, 0.05) is 25.4 Å². The normalized spacial score (nSPS) is 34.1. The van der Waals surface area contributed by atoms with Gasteiger partial charge in [-0.3, -0.25) is 0 Å². The van der Waals surface area contributed by atoms with Crippen molar-refractivity contribution in [1.29, 1.82) is 0 Å². The number of esters is 1. The first-order chi connectivity index (χ1) is 18.1. The second-order valence-corrected chi connectivity index (χ2v) is 10.0. The lowest BCUT2D eigenvalue weighted by Gasteiger charge is -2.39. The zero-order valence-electron chi connectivity index (χ0n) is 21.5. The molecule has 0 aromatic heterocycles. The quantitative estimate of drug-likeness (QED) is 0.281. The monoisotopic (exact) mass is 518 g/mol. The molecule has 5 rings (SSSR count). The number of methoxy groups -OCH3 is 1. The number of aliphatic hydroxyl groups is 1. The lowest BCUT2D eigenvalue weighted by Crippen LogP contribution is -2.49. The molecule has 0 radical (unpaired) electrons. The summed E-state index contributed by atoms with van der Waals surface area (Å²) in [7, 11) is 1.60. The molecule has 6 atom stereocenters. The van der Waals surface area contributed by atoms with E-state index in [2.05, 4.69) is 0 Å². The van der Waals surface area contributed by atoms with Crippen molar-refractivity contribution in [1.82, 2.24) is 0 Å². The molecule has 37 heavy (non-hydrogen) atoms. The zero-order chi connectivity index (χ0) is 25.7. The fourth-order valence-corrected chi connectivity index (χ4v) is 5.83. The molecule has 0 amide bonds. The third-order valence-corrected chi connectivity index (χ3v) is 7.67. The Labute approximate surface area is 217 Å². The minimum absolute atomic E-state index is 0.354. The van der Waals surface area contributed by atoms with Gasteiger partial charge in [-0.2, -0.15) is 0 Å². The molecule has 3 heterocycles. The molecule has 3 unspecified atom stereocenters. The third-order valence-electron chi connectivity index (χ3n) is 7.67. The maximum Gasteiger partial charge on any atom is 0.336 e. The number of para-hydroxylation sites is 2. The van der Waals surface area contributed by atoms with Crippen LogP contribution in [-0.2, 0) is 28.5 Å². The predicted octanol–water partition coefficient (Wildman–Crippen LogP) is 3.87. The Balaban J connectivity index is 1.39. The summed E-state index contributed by atoms with van der Waals surface area (Å²) in [5.74, 6) is 0.649. The van der Waals surface area contributed by atoms with Crippen LogP contribution in [0.1, 0.15) is 57.8 Å². The van der Waals surface area contributed by atoms with E-state index in [-0.39, 0.29) is 6.29 Å². The molecule has 4 aliphatic rings. The SMILES string of the molecule is COc1ccccc1OCC/C=C(/OC1CCCCO1)[C@]12OC(=O)C(O)[C@H]1CC[C@@H]2OC1CCCCO1. The fourth-order valence-electron chi connectivity index (χ4n) is 5.83. The van der Waals surface area contributed by atoms with E-state index in [9.17, 15) is 9.90 Å². The number of aliphatic hydroxyl groups excluding tert-OH is 1. The molecule has 1 N–H and O–H groups in total. The van der Waals surface area contributed by atoms with Gasteiger partial charge in [0.2, 0.25) is 5.60 Å². The van der Waals surface area contributed by atoms with Crippen molar-refractivity contribution >= 4 is 5.97 Å². The van der Waals surface area contributed by atoms with E-state index in [0.29, 0.717) is 56.3 Å². The fraction of sp³-hybridized carbons (Fsp3) is 0.679. The van der Waals surface area contributed by atoms with Crippen LogP contribution in [0.3, 0.4) is 0 Å². The number of hydrogen-bond donors (Lipinski definition) is 1. The Kier molecular flexibility index (Phi) is 8.54. The number of benzene rings is 1. The molecule has 1 aromatic rings. The lowest BCUT2D eigenvalue weighted by molar-refractivity contribution is -0.233. The van der Waals surface area contributed by atoms with Gasteiger partial charge in [0.1, 0.15) is 11.9 Å². The van der Waals surface area contributed by atoms with Crippen molar-refractivity contribution in [2.24, 2.45) is 5.92 Å². The standard InChI is InChI=1S/C28H38O9/c1-31-20-9-2-3-10-21(20)32-18-8-11-22(35-24-12-4-6-16-33-24)28-19(26(29)27(30)37-28)14-15-23(28)36-25-13-5-7-17-34-25/h2-3,9-11,19,23-26,29H,4-8,12-18H2,1H3/b22-11+/t19-,23+,24?,25?,26?,28-/m1/s1. The largest absolute Gasteiger partial charge is 0.493 e. The summed E-state index contributed by atoms with van der Waals surface area (Å²) in [6.45, 7) is 1.61. The van der Waals surface area contributed by atoms with Gasteiger partial charge >= 0.3 is 5.97 Å². The summed E-state index contributed by atoms with van der Waals surface area (Å²) in [6, 6.07) is 7.47. The van der Waals surface area contributed by atoms with Crippen LogP contribution in [0.25, 0.3) is 0 Å². The topological polar surface area (TPSA) is 102 Å². The van der Waals surface area contributed by atoms with Crippen molar-refractivity contribution in [3.05, 3.63) is 36.1 Å². The number of carbonyl (C=O) groups is 1. The highest BCUT2D eigenvalue weighted by Crippen LogP contribution is 2.53. The Bertz CT molecular complexity index is 937. The van der Waals surface area contributed by atoms with Crippen molar-refractivity contribution in [3.63, 3.8) is 0 Å². The van der Waals surface area contributed by atoms with Gasteiger partial charge in [0.05, 0.1) is 20.3 Å². The van der Waals surface area contributed by atoms with Crippen LogP contribution < -0.4 is 9.47 Å². The lowest BCUT2D eigenvalue weighted by atomic mass is 9.85. The summed E-state index contributed by atoms with van der Waals surface area (Å²) >= 11 is 0. The number of hydrogen-bond acceptors (Lipinski definition) is 9. The summed E-state index contributed by atoms with van der Waals surface area (Å²) in [5, 5.41) is 10.8. The number of rotatable bonds is 10. The van der Waals surface area contributed by atoms with Crippen LogP contribution in [0, 0.1) is 5.92 Å². The van der Waals surface area contributed by atoms with Gasteiger partial charge in [-0.1, -0.05) is 12.1 Å². The molecule has 0 spiro atoms. The molecule has 4 fully saturated rings. The van der Waals surface area contributed by atoms with E-state index < -0.39 is 36.0 Å². The summed E-state index contributed by atoms with van der Waals surface area (Å²) in [5.41, 5.74) is -1.23. The van der Waals surface area contributed by atoms with Gasteiger partial charge in [-0.05, 0) is 63.2 Å². The zero-order valence-corrected chi connectivity index (χ0v) is 21.5. The molecule has 3 saturated heterocycles. The number of ether oxygens (including phenoxy) is 7. The smallest absolute Gasteiger partial charge is 0.336 e. The van der Waals surface area contributed by atoms with Crippen LogP contribution in [0.4, 0.5) is 0 Å². The first kappa shape index (κ1) is 26.3. The van der Waals surface area contributed by atoms with E-state index in [1.165, 1.54) is 0 Å². The van der Waals surface area contributed by atoms with E-state index in [4.69, 9.17) is 33.2 Å². The highest BCUT2D eigenvalue weighted by Gasteiger charge is 2.67. The first-order valence-corrected chi connectivity index (χ1v) is 13.5. The van der Waals surface area contributed by atoms with Crippen molar-refractivity contribution in [2.75, 3.05) is 26.9 Å². The average molecular weight is 519 g/mol. The second kappa shape index (κ2) is 12.0. The van der Waals surface area contributed by atoms with Crippen molar-refractivity contribution in [2.45, 2.75) is 88.2 Å². The van der Waals surface area contributed by atoms with Gasteiger partial charge < -0.3 is 38.3 Å². The van der Waals surface area contributed by atoms with Crippen LogP contribution in [0.5, 0.6) is 11.5 Å². The first-order valence-electron chi connectivity index (χ1n) is 13.5. The van der Waals surface area contributed by atoms with Crippen LogP contribution in [0.15, 0.2) is 36.1 Å². The summed E-state index contributed by atoms with van der Waals surface area (Å²) in [6.07, 6.45) is 6.56. The molecule has 9 heteroatoms. The molecule has 1 saturated carbocycles. The second-order valence-electron chi connectivity index (χ2n) is 10.0. The Morgan fingerprint density at radius 3 is 2.46 bits per heavy atom. The van der Waals surface area contributed by atoms with Gasteiger partial charge in [0.25, 0.3) is 0 Å². The molecule has 204 valence electrons. The minimum atomic E-state index is -1.23. The third kappa shape index (κ3) is 5.60. The van der Waals surface area contributed by atoms with Crippen LogP contribution >= 0.6 is 0 Å². The molecule has 1 aromatic carbocycles. The summed E-state index contributed by atoms with van der Waals surface area (Å²) < 4.78 is 41.9. The van der Waals surface area contributed by atoms with Gasteiger partial charge in [-0.25, -0.2) is 4.79 Å². The Morgan fingerprint density at radius 2 is 1.76 bits per heavy atom. The molecule has 9 nitrogen and oxygen atoms in total. The Hall–Kier alpha value is -2.33. The molecule has 3 aliphatic heterocycles.